The van der Waals surface area contributed by atoms with Crippen LogP contribution in [0.5, 0.6) is 0 Å². The number of hydrogen-bond acceptors (Lipinski definition) is 4. The molecule has 0 bridgehead atoms. The first kappa shape index (κ1) is 17.6. The Kier molecular flexibility index (Phi) is 3.64. The number of nitrogens with zero attached hydrogens (tertiary/aromatic N) is 6. The number of fused-ring (bicyclic) bond motifs is 2. The van der Waals surface area contributed by atoms with Crippen LogP contribution in [0.25, 0.3) is 50.3 Å². The van der Waals surface area contributed by atoms with E-state index in [1.165, 1.54) is 0 Å². The van der Waals surface area contributed by atoms with E-state index < -0.39 is 0 Å². The molecule has 8 nitrogen and oxygen atoms in total. The summed E-state index contributed by atoms with van der Waals surface area (Å²) in [5.41, 5.74) is 7.74. The molecule has 0 saturated heterocycles. The van der Waals surface area contributed by atoms with Crippen molar-refractivity contribution in [3.63, 3.8) is 0 Å². The SMILES string of the molecule is Cc1cn(-c2ccnc3[nH]c(-c4n[nH]c5ccc(-c6cnc(C)n6C)cc45)cc23)cn1. The van der Waals surface area contributed by atoms with Crippen LogP contribution in [0.15, 0.2) is 55.2 Å². The third kappa shape index (κ3) is 2.68. The van der Waals surface area contributed by atoms with Crippen molar-refractivity contribution in [3.8, 4) is 28.3 Å². The summed E-state index contributed by atoms with van der Waals surface area (Å²) >= 11 is 0. The van der Waals surface area contributed by atoms with Crippen LogP contribution in [0.1, 0.15) is 11.5 Å². The standard InChI is InChI=1S/C23H20N8/c1-13-11-31(12-26-13)20-6-7-24-23-17(20)9-19(27-23)22-16-8-15(4-5-18(16)28-29-22)21-10-25-14(2)30(21)3/h4-12H,1-3H3,(H,24,27)(H,28,29). The molecule has 0 spiro atoms. The van der Waals surface area contributed by atoms with Gasteiger partial charge < -0.3 is 14.1 Å². The van der Waals surface area contributed by atoms with Gasteiger partial charge >= 0.3 is 0 Å². The van der Waals surface area contributed by atoms with Crippen LogP contribution in [0, 0.1) is 13.8 Å². The lowest BCUT2D eigenvalue weighted by Crippen LogP contribution is -1.94. The van der Waals surface area contributed by atoms with Gasteiger partial charge in [0.1, 0.15) is 17.2 Å². The zero-order valence-electron chi connectivity index (χ0n) is 17.4. The molecule has 5 heterocycles. The lowest BCUT2D eigenvalue weighted by molar-refractivity contribution is 0.865. The molecule has 31 heavy (non-hydrogen) atoms. The number of aryl methyl sites for hydroxylation is 2. The molecule has 5 aromatic heterocycles. The Morgan fingerprint density at radius 2 is 1.87 bits per heavy atom. The third-order valence-electron chi connectivity index (χ3n) is 5.83. The fourth-order valence-electron chi connectivity index (χ4n) is 4.07. The molecule has 6 rings (SSSR count). The first-order chi connectivity index (χ1) is 15.1. The molecule has 0 fully saturated rings. The molecule has 0 aliphatic carbocycles. The highest BCUT2D eigenvalue weighted by Crippen LogP contribution is 2.33. The van der Waals surface area contributed by atoms with Crippen molar-refractivity contribution < 1.29 is 0 Å². The van der Waals surface area contributed by atoms with E-state index in [2.05, 4.69) is 59.0 Å². The zero-order valence-corrected chi connectivity index (χ0v) is 17.4. The lowest BCUT2D eigenvalue weighted by atomic mass is 10.1. The van der Waals surface area contributed by atoms with Crippen LogP contribution >= 0.6 is 0 Å². The summed E-state index contributed by atoms with van der Waals surface area (Å²) in [6.45, 7) is 3.98. The van der Waals surface area contributed by atoms with E-state index in [0.29, 0.717) is 0 Å². The van der Waals surface area contributed by atoms with Gasteiger partial charge in [0.2, 0.25) is 0 Å². The third-order valence-corrected chi connectivity index (χ3v) is 5.83. The summed E-state index contributed by atoms with van der Waals surface area (Å²) in [4.78, 5) is 16.7. The van der Waals surface area contributed by atoms with Crippen molar-refractivity contribution in [1.29, 1.82) is 0 Å². The quantitative estimate of drug-likeness (QED) is 0.456. The highest BCUT2D eigenvalue weighted by atomic mass is 15.1. The number of rotatable bonds is 3. The first-order valence-corrected chi connectivity index (χ1v) is 10.0. The summed E-state index contributed by atoms with van der Waals surface area (Å²) in [6, 6.07) is 10.4. The number of imidazole rings is 2. The van der Waals surface area contributed by atoms with Gasteiger partial charge in [-0.3, -0.25) is 5.10 Å². The van der Waals surface area contributed by atoms with Crippen LogP contribution < -0.4 is 0 Å². The molecule has 0 aliphatic heterocycles. The van der Waals surface area contributed by atoms with Gasteiger partial charge in [-0.25, -0.2) is 15.0 Å². The molecule has 6 aromatic rings. The van der Waals surface area contributed by atoms with Gasteiger partial charge in [0, 0.05) is 35.8 Å². The first-order valence-electron chi connectivity index (χ1n) is 10.0. The van der Waals surface area contributed by atoms with Crippen molar-refractivity contribution in [2.75, 3.05) is 0 Å². The smallest absolute Gasteiger partial charge is 0.139 e. The second kappa shape index (κ2) is 6.40. The van der Waals surface area contributed by atoms with Crippen molar-refractivity contribution in [3.05, 3.63) is 66.8 Å². The van der Waals surface area contributed by atoms with Gasteiger partial charge in [0.25, 0.3) is 0 Å². The average Bonchev–Trinajstić information content (AvgIpc) is 3.54. The van der Waals surface area contributed by atoms with Gasteiger partial charge in [-0.1, -0.05) is 6.07 Å². The van der Waals surface area contributed by atoms with Gasteiger partial charge in [-0.05, 0) is 38.1 Å². The summed E-state index contributed by atoms with van der Waals surface area (Å²) in [6.07, 6.45) is 7.54. The Morgan fingerprint density at radius 1 is 0.968 bits per heavy atom. The minimum absolute atomic E-state index is 0.813. The summed E-state index contributed by atoms with van der Waals surface area (Å²) in [5, 5.41) is 9.82. The van der Waals surface area contributed by atoms with Crippen molar-refractivity contribution in [2.45, 2.75) is 13.8 Å². The van der Waals surface area contributed by atoms with Crippen molar-refractivity contribution >= 4 is 21.9 Å². The summed E-state index contributed by atoms with van der Waals surface area (Å²) in [5.74, 6) is 0.978. The Labute approximate surface area is 177 Å². The molecule has 0 aliphatic rings. The predicted molar refractivity (Wildman–Crippen MR) is 120 cm³/mol. The fraction of sp³-hybridized carbons (Fsp3) is 0.130. The van der Waals surface area contributed by atoms with E-state index in [0.717, 1.165) is 61.8 Å². The van der Waals surface area contributed by atoms with Crippen LogP contribution in [-0.4, -0.2) is 39.3 Å². The van der Waals surface area contributed by atoms with Gasteiger partial charge in [0.05, 0.1) is 40.8 Å². The second-order valence-electron chi connectivity index (χ2n) is 7.78. The number of nitrogens with one attached hydrogen (secondary N) is 2. The predicted octanol–water partition coefficient (Wildman–Crippen LogP) is 4.31. The molecule has 0 atom stereocenters. The van der Waals surface area contributed by atoms with E-state index in [9.17, 15) is 0 Å². The van der Waals surface area contributed by atoms with Gasteiger partial charge in [-0.15, -0.1) is 0 Å². The van der Waals surface area contributed by atoms with E-state index in [-0.39, 0.29) is 0 Å². The largest absolute Gasteiger partial charge is 0.338 e. The monoisotopic (exact) mass is 408 g/mol. The van der Waals surface area contributed by atoms with Crippen molar-refractivity contribution in [1.82, 2.24) is 39.3 Å². The Hall–Kier alpha value is -4.20. The van der Waals surface area contributed by atoms with Crippen LogP contribution in [0.2, 0.25) is 0 Å². The molecule has 1 aromatic carbocycles. The van der Waals surface area contributed by atoms with Gasteiger partial charge in [-0.2, -0.15) is 5.10 Å². The second-order valence-corrected chi connectivity index (χ2v) is 7.78. The topological polar surface area (TPSA) is 93.0 Å². The number of H-pyrrole nitrogens is 2. The maximum absolute atomic E-state index is 4.60. The normalized spacial score (nSPS) is 11.7. The molecule has 0 saturated carbocycles. The maximum Gasteiger partial charge on any atom is 0.139 e. The number of pyridine rings is 1. The molecule has 0 unspecified atom stereocenters. The average molecular weight is 408 g/mol. The number of aromatic nitrogens is 8. The molecule has 2 N–H and O–H groups in total. The fourth-order valence-corrected chi connectivity index (χ4v) is 4.07. The minimum atomic E-state index is 0.813. The van der Waals surface area contributed by atoms with E-state index >= 15 is 0 Å². The minimum Gasteiger partial charge on any atom is -0.338 e. The number of hydrogen-bond donors (Lipinski definition) is 2. The molecule has 0 amide bonds. The molecular formula is C23H20N8. The number of aromatic amines is 2. The maximum atomic E-state index is 4.60. The summed E-state index contributed by atoms with van der Waals surface area (Å²) in [7, 11) is 2.03. The Bertz CT molecular complexity index is 1580. The van der Waals surface area contributed by atoms with Gasteiger partial charge in [0.15, 0.2) is 0 Å². The van der Waals surface area contributed by atoms with E-state index in [1.807, 2.05) is 50.2 Å². The van der Waals surface area contributed by atoms with E-state index in [4.69, 9.17) is 0 Å². The van der Waals surface area contributed by atoms with Crippen LogP contribution in [0.4, 0.5) is 0 Å². The van der Waals surface area contributed by atoms with Crippen LogP contribution in [0.3, 0.4) is 0 Å². The van der Waals surface area contributed by atoms with Crippen LogP contribution in [-0.2, 0) is 7.05 Å². The highest BCUT2D eigenvalue weighted by Gasteiger charge is 2.16. The number of benzene rings is 1. The zero-order chi connectivity index (χ0) is 21.1. The lowest BCUT2D eigenvalue weighted by Gasteiger charge is -2.04. The molecule has 0 radical (unpaired) electrons. The highest BCUT2D eigenvalue weighted by molar-refractivity contribution is 5.98. The summed E-state index contributed by atoms with van der Waals surface area (Å²) < 4.78 is 4.11. The molecular weight excluding hydrogens is 388 g/mol. The van der Waals surface area contributed by atoms with E-state index in [1.54, 1.807) is 6.20 Å². The molecule has 8 heteroatoms. The Morgan fingerprint density at radius 3 is 2.65 bits per heavy atom. The Balaban J connectivity index is 1.52. The van der Waals surface area contributed by atoms with Crippen molar-refractivity contribution in [2.24, 2.45) is 7.05 Å². The molecule has 152 valence electrons.